The van der Waals surface area contributed by atoms with Crippen LogP contribution in [0.25, 0.3) is 0 Å². The molecule has 1 unspecified atom stereocenters. The average Bonchev–Trinajstić information content (AvgIpc) is 2.60. The Bertz CT molecular complexity index is 692. The number of hydrogen-bond donors (Lipinski definition) is 1. The summed E-state index contributed by atoms with van der Waals surface area (Å²) in [6.45, 7) is -1.02. The van der Waals surface area contributed by atoms with Gasteiger partial charge in [0.25, 0.3) is 5.91 Å². The predicted octanol–water partition coefficient (Wildman–Crippen LogP) is 5.03. The molecule has 134 valence electrons. The number of hydrogen-bond acceptors (Lipinski definition) is 3. The molecule has 0 saturated heterocycles. The van der Waals surface area contributed by atoms with Crippen molar-refractivity contribution in [2.24, 2.45) is 0 Å². The Morgan fingerprint density at radius 3 is 2.44 bits per heavy atom. The summed E-state index contributed by atoms with van der Waals surface area (Å²) in [7, 11) is 0. The molecule has 0 bridgehead atoms. The molecule has 0 aliphatic heterocycles. The fourth-order valence-corrected chi connectivity index (χ4v) is 3.06. The normalized spacial score (nSPS) is 12.0. The van der Waals surface area contributed by atoms with Crippen molar-refractivity contribution in [2.75, 3.05) is 6.26 Å². The van der Waals surface area contributed by atoms with Gasteiger partial charge in [0.15, 0.2) is 0 Å². The summed E-state index contributed by atoms with van der Waals surface area (Å²) in [6, 6.07) is 13.5. The quantitative estimate of drug-likeness (QED) is 0.713. The zero-order valence-electron chi connectivity index (χ0n) is 14.2. The van der Waals surface area contributed by atoms with Gasteiger partial charge in [-0.3, -0.25) is 4.79 Å². The molecule has 2 rings (SSSR count). The average molecular weight is 365 g/mol. The molecule has 3 nitrogen and oxygen atoms in total. The smallest absolute Gasteiger partial charge is 0.387 e. The van der Waals surface area contributed by atoms with Gasteiger partial charge in [0.05, 0.1) is 6.04 Å². The molecule has 1 atom stereocenters. The summed E-state index contributed by atoms with van der Waals surface area (Å²) in [6.07, 6.45) is 2.57. The number of carbonyl (C=O) groups is 1. The summed E-state index contributed by atoms with van der Waals surface area (Å²) in [5, 5.41) is 2.90. The Labute approximate surface area is 150 Å². The second-order valence-electron chi connectivity index (χ2n) is 5.48. The van der Waals surface area contributed by atoms with Crippen LogP contribution in [0.5, 0.6) is 5.75 Å². The fourth-order valence-electron chi connectivity index (χ4n) is 2.53. The van der Waals surface area contributed by atoms with Crippen molar-refractivity contribution in [3.8, 4) is 5.75 Å². The summed E-state index contributed by atoms with van der Waals surface area (Å²) in [5.41, 5.74) is 2.22. The number of halogens is 2. The van der Waals surface area contributed by atoms with Gasteiger partial charge in [-0.2, -0.15) is 20.5 Å². The van der Waals surface area contributed by atoms with E-state index in [2.05, 4.69) is 10.1 Å². The van der Waals surface area contributed by atoms with Crippen molar-refractivity contribution >= 4 is 17.7 Å². The largest absolute Gasteiger partial charge is 0.434 e. The van der Waals surface area contributed by atoms with E-state index in [4.69, 9.17) is 0 Å². The van der Waals surface area contributed by atoms with Gasteiger partial charge in [0.2, 0.25) is 0 Å². The molecule has 2 aromatic carbocycles. The number of amides is 1. The molecule has 0 aromatic heterocycles. The van der Waals surface area contributed by atoms with Crippen LogP contribution in [0.3, 0.4) is 0 Å². The monoisotopic (exact) mass is 365 g/mol. The van der Waals surface area contributed by atoms with Crippen LogP contribution in [0, 0.1) is 0 Å². The van der Waals surface area contributed by atoms with E-state index in [1.807, 2.05) is 25.3 Å². The topological polar surface area (TPSA) is 38.3 Å². The number of carbonyl (C=O) groups excluding carboxylic acids is 1. The Morgan fingerprint density at radius 1 is 1.16 bits per heavy atom. The van der Waals surface area contributed by atoms with E-state index in [1.54, 1.807) is 42.1 Å². The van der Waals surface area contributed by atoms with Crippen LogP contribution in [0.4, 0.5) is 8.78 Å². The second kappa shape index (κ2) is 9.42. The second-order valence-corrected chi connectivity index (χ2v) is 6.35. The van der Waals surface area contributed by atoms with Crippen LogP contribution in [0.1, 0.15) is 40.9 Å². The van der Waals surface area contributed by atoms with Crippen LogP contribution in [0.2, 0.25) is 0 Å². The Balaban J connectivity index is 2.15. The van der Waals surface area contributed by atoms with Gasteiger partial charge in [-0.05, 0) is 36.4 Å². The predicted molar refractivity (Wildman–Crippen MR) is 97.2 cm³/mol. The maximum Gasteiger partial charge on any atom is 0.387 e. The Hall–Kier alpha value is -2.08. The van der Waals surface area contributed by atoms with Gasteiger partial charge < -0.3 is 10.1 Å². The third kappa shape index (κ3) is 5.46. The van der Waals surface area contributed by atoms with E-state index >= 15 is 0 Å². The lowest BCUT2D eigenvalue weighted by molar-refractivity contribution is -0.0506. The number of nitrogens with one attached hydrogen (secondary N) is 1. The molecule has 6 heteroatoms. The minimum absolute atomic E-state index is 0.0833. The molecule has 0 aliphatic carbocycles. The van der Waals surface area contributed by atoms with Gasteiger partial charge >= 0.3 is 6.61 Å². The fraction of sp³-hybridized carbons (Fsp3) is 0.316. The van der Waals surface area contributed by atoms with Gasteiger partial charge in [-0.25, -0.2) is 0 Å². The van der Waals surface area contributed by atoms with Crippen LogP contribution in [-0.4, -0.2) is 18.8 Å². The van der Waals surface area contributed by atoms with E-state index < -0.39 is 12.7 Å². The lowest BCUT2D eigenvalue weighted by Crippen LogP contribution is -2.28. The number of para-hydroxylation sites is 1. The van der Waals surface area contributed by atoms with Gasteiger partial charge in [0.1, 0.15) is 5.75 Å². The van der Waals surface area contributed by atoms with E-state index in [0.717, 1.165) is 11.3 Å². The van der Waals surface area contributed by atoms with Crippen LogP contribution in [-0.2, 0) is 5.75 Å². The van der Waals surface area contributed by atoms with Gasteiger partial charge in [-0.15, -0.1) is 0 Å². The molecule has 0 radical (unpaired) electrons. The molecule has 0 saturated carbocycles. The SMILES string of the molecule is CCC(NC(=O)c1ccc(CSC)cc1)c1ccccc1OC(F)F. The van der Waals surface area contributed by atoms with Crippen molar-refractivity contribution in [2.45, 2.75) is 31.8 Å². The van der Waals surface area contributed by atoms with Crippen LogP contribution < -0.4 is 10.1 Å². The highest BCUT2D eigenvalue weighted by atomic mass is 32.2. The summed E-state index contributed by atoms with van der Waals surface area (Å²) in [5.74, 6) is 0.729. The van der Waals surface area contributed by atoms with Crippen molar-refractivity contribution in [1.29, 1.82) is 0 Å². The first-order valence-electron chi connectivity index (χ1n) is 7.97. The molecular weight excluding hydrogens is 344 g/mol. The highest BCUT2D eigenvalue weighted by molar-refractivity contribution is 7.97. The molecule has 0 spiro atoms. The molecule has 1 amide bonds. The maximum absolute atomic E-state index is 12.6. The zero-order chi connectivity index (χ0) is 18.2. The van der Waals surface area contributed by atoms with E-state index in [9.17, 15) is 13.6 Å². The van der Waals surface area contributed by atoms with Crippen molar-refractivity contribution in [3.63, 3.8) is 0 Å². The van der Waals surface area contributed by atoms with Gasteiger partial charge in [0, 0.05) is 16.9 Å². The highest BCUT2D eigenvalue weighted by Gasteiger charge is 2.19. The number of thioether (sulfide) groups is 1. The van der Waals surface area contributed by atoms with Crippen molar-refractivity contribution < 1.29 is 18.3 Å². The standard InChI is InChI=1S/C19H21F2NO2S/c1-3-16(15-6-4-5-7-17(15)24-19(20)21)22-18(23)14-10-8-13(9-11-14)12-25-2/h4-11,16,19H,3,12H2,1-2H3,(H,22,23). The third-order valence-corrected chi connectivity index (χ3v) is 4.37. The molecular formula is C19H21F2NO2S. The van der Waals surface area contributed by atoms with E-state index in [1.165, 1.54) is 6.07 Å². The van der Waals surface area contributed by atoms with E-state index in [0.29, 0.717) is 17.5 Å². The van der Waals surface area contributed by atoms with Crippen LogP contribution in [0.15, 0.2) is 48.5 Å². The third-order valence-electron chi connectivity index (χ3n) is 3.75. The van der Waals surface area contributed by atoms with Crippen molar-refractivity contribution in [1.82, 2.24) is 5.32 Å². The number of rotatable bonds is 8. The first-order valence-corrected chi connectivity index (χ1v) is 9.37. The summed E-state index contributed by atoms with van der Waals surface area (Å²) >= 11 is 1.71. The van der Waals surface area contributed by atoms with Gasteiger partial charge in [-0.1, -0.05) is 37.3 Å². The number of alkyl halides is 2. The maximum atomic E-state index is 12.6. The number of ether oxygens (including phenoxy) is 1. The molecule has 0 heterocycles. The van der Waals surface area contributed by atoms with Crippen molar-refractivity contribution in [3.05, 3.63) is 65.2 Å². The lowest BCUT2D eigenvalue weighted by atomic mass is 10.0. The summed E-state index contributed by atoms with van der Waals surface area (Å²) in [4.78, 5) is 12.5. The molecule has 0 fully saturated rings. The Morgan fingerprint density at radius 2 is 1.84 bits per heavy atom. The first kappa shape index (κ1) is 19.2. The molecule has 0 aliphatic rings. The first-order chi connectivity index (χ1) is 12.0. The van der Waals surface area contributed by atoms with Crippen LogP contribution >= 0.6 is 11.8 Å². The zero-order valence-corrected chi connectivity index (χ0v) is 15.0. The Kier molecular flexibility index (Phi) is 7.25. The minimum atomic E-state index is -2.90. The molecule has 2 aromatic rings. The highest BCUT2D eigenvalue weighted by Crippen LogP contribution is 2.28. The lowest BCUT2D eigenvalue weighted by Gasteiger charge is -2.20. The summed E-state index contributed by atoms with van der Waals surface area (Å²) < 4.78 is 29.7. The number of benzene rings is 2. The minimum Gasteiger partial charge on any atom is -0.434 e. The van der Waals surface area contributed by atoms with E-state index in [-0.39, 0.29) is 11.7 Å². The molecule has 1 N–H and O–H groups in total. The molecule has 25 heavy (non-hydrogen) atoms.